The van der Waals surface area contributed by atoms with Crippen LogP contribution in [0.4, 0.5) is 13.2 Å². The van der Waals surface area contributed by atoms with Gasteiger partial charge in [-0.2, -0.15) is 0 Å². The average Bonchev–Trinajstić information content (AvgIpc) is 2.26. The molecular weight excluding hydrogens is 219 g/mol. The van der Waals surface area contributed by atoms with Gasteiger partial charge in [0.25, 0.3) is 0 Å². The molecule has 0 saturated heterocycles. The number of nitrogens with one attached hydrogen (secondary N) is 1. The van der Waals surface area contributed by atoms with Gasteiger partial charge in [-0.1, -0.05) is 6.92 Å². The molecule has 1 rings (SSSR count). The summed E-state index contributed by atoms with van der Waals surface area (Å²) in [7, 11) is 0. The Morgan fingerprint density at radius 1 is 1.25 bits per heavy atom. The lowest BCUT2D eigenvalue weighted by Crippen LogP contribution is -2.18. The van der Waals surface area contributed by atoms with Gasteiger partial charge in [0.1, 0.15) is 0 Å². The summed E-state index contributed by atoms with van der Waals surface area (Å²) in [5.41, 5.74) is -0.406. The molecule has 88 valence electrons. The van der Waals surface area contributed by atoms with E-state index in [9.17, 15) is 18.0 Å². The lowest BCUT2D eigenvalue weighted by atomic mass is 10.1. The van der Waals surface area contributed by atoms with E-state index >= 15 is 0 Å². The molecule has 0 unspecified atom stereocenters. The molecule has 0 amide bonds. The van der Waals surface area contributed by atoms with Crippen molar-refractivity contribution < 1.29 is 18.0 Å². The number of rotatable bonds is 5. The number of carbonyl (C=O) groups is 1. The van der Waals surface area contributed by atoms with Crippen LogP contribution in [-0.4, -0.2) is 18.9 Å². The van der Waals surface area contributed by atoms with Crippen molar-refractivity contribution in [3.8, 4) is 0 Å². The van der Waals surface area contributed by atoms with Crippen LogP contribution in [0.15, 0.2) is 12.1 Å². The highest BCUT2D eigenvalue weighted by Gasteiger charge is 2.17. The Bertz CT molecular complexity index is 393. The highest BCUT2D eigenvalue weighted by molar-refractivity contribution is 5.96. The summed E-state index contributed by atoms with van der Waals surface area (Å²) in [6.45, 7) is 2.93. The number of halogens is 3. The first kappa shape index (κ1) is 12.7. The quantitative estimate of drug-likeness (QED) is 0.478. The third-order valence-electron chi connectivity index (χ3n) is 2.11. The maximum absolute atomic E-state index is 13.2. The van der Waals surface area contributed by atoms with Crippen molar-refractivity contribution in [1.82, 2.24) is 5.32 Å². The first-order valence-corrected chi connectivity index (χ1v) is 4.95. The van der Waals surface area contributed by atoms with E-state index in [2.05, 4.69) is 5.32 Å². The molecule has 0 atom stereocenters. The Morgan fingerprint density at radius 3 is 2.56 bits per heavy atom. The van der Waals surface area contributed by atoms with Crippen LogP contribution in [0.3, 0.4) is 0 Å². The maximum atomic E-state index is 13.2. The molecule has 2 nitrogen and oxygen atoms in total. The van der Waals surface area contributed by atoms with Crippen LogP contribution in [0.2, 0.25) is 0 Å². The second kappa shape index (κ2) is 5.65. The lowest BCUT2D eigenvalue weighted by molar-refractivity contribution is 0.0977. The van der Waals surface area contributed by atoms with E-state index in [0.717, 1.165) is 12.1 Å². The minimum Gasteiger partial charge on any atom is -0.317 e. The van der Waals surface area contributed by atoms with Crippen LogP contribution in [0.5, 0.6) is 0 Å². The first-order valence-electron chi connectivity index (χ1n) is 4.95. The third-order valence-corrected chi connectivity index (χ3v) is 2.11. The second-order valence-corrected chi connectivity index (χ2v) is 3.25. The van der Waals surface area contributed by atoms with E-state index < -0.39 is 28.8 Å². The van der Waals surface area contributed by atoms with Crippen LogP contribution in [0.1, 0.15) is 23.7 Å². The fraction of sp³-hybridized carbons (Fsp3) is 0.364. The van der Waals surface area contributed by atoms with Crippen LogP contribution in [-0.2, 0) is 0 Å². The molecule has 1 aromatic rings. The zero-order chi connectivity index (χ0) is 12.1. The summed E-state index contributed by atoms with van der Waals surface area (Å²) in [4.78, 5) is 11.4. The molecule has 0 aliphatic rings. The molecule has 0 radical (unpaired) electrons. The number of carbonyl (C=O) groups excluding carboxylic acids is 1. The molecule has 0 aliphatic carbocycles. The third kappa shape index (κ3) is 2.82. The smallest absolute Gasteiger partial charge is 0.195 e. The lowest BCUT2D eigenvalue weighted by Gasteiger charge is -2.04. The molecule has 16 heavy (non-hydrogen) atoms. The minimum absolute atomic E-state index is 0.0514. The van der Waals surface area contributed by atoms with Crippen LogP contribution in [0.25, 0.3) is 0 Å². The van der Waals surface area contributed by atoms with Gasteiger partial charge < -0.3 is 5.32 Å². The van der Waals surface area contributed by atoms with E-state index in [-0.39, 0.29) is 6.42 Å². The van der Waals surface area contributed by atoms with E-state index in [1.807, 2.05) is 6.92 Å². The van der Waals surface area contributed by atoms with E-state index in [1.165, 1.54) is 0 Å². The number of ketones is 1. The second-order valence-electron chi connectivity index (χ2n) is 3.25. The van der Waals surface area contributed by atoms with Gasteiger partial charge >= 0.3 is 0 Å². The van der Waals surface area contributed by atoms with Gasteiger partial charge in [-0.3, -0.25) is 4.79 Å². The number of Topliss-reactive ketones (excluding diaryl/α,β-unsaturated/α-hetero) is 1. The van der Waals surface area contributed by atoms with Gasteiger partial charge in [0.15, 0.2) is 23.2 Å². The highest BCUT2D eigenvalue weighted by Crippen LogP contribution is 2.16. The Labute approximate surface area is 91.5 Å². The normalized spacial score (nSPS) is 10.5. The molecule has 0 saturated carbocycles. The summed E-state index contributed by atoms with van der Waals surface area (Å²) in [5, 5.41) is 2.88. The Balaban J connectivity index is 2.80. The monoisotopic (exact) mass is 231 g/mol. The maximum Gasteiger partial charge on any atom is 0.195 e. The molecule has 0 aliphatic heterocycles. The molecule has 0 fully saturated rings. The fourth-order valence-corrected chi connectivity index (χ4v) is 1.25. The first-order chi connectivity index (χ1) is 7.57. The standard InChI is InChI=1S/C11H12F3NO/c1-2-15-6-5-9(16)7-3-4-8(12)11(14)10(7)13/h3-4,15H,2,5-6H2,1H3. The Morgan fingerprint density at radius 2 is 1.94 bits per heavy atom. The number of hydrogen-bond acceptors (Lipinski definition) is 2. The Hall–Kier alpha value is -1.36. The summed E-state index contributed by atoms with van der Waals surface area (Å²) in [6.07, 6.45) is 0.0514. The van der Waals surface area contributed by atoms with Gasteiger partial charge in [0, 0.05) is 13.0 Å². The minimum atomic E-state index is -1.60. The van der Waals surface area contributed by atoms with Crippen molar-refractivity contribution in [2.75, 3.05) is 13.1 Å². The predicted molar refractivity (Wildman–Crippen MR) is 53.8 cm³/mol. The summed E-state index contributed by atoms with van der Waals surface area (Å²) >= 11 is 0. The van der Waals surface area contributed by atoms with E-state index in [4.69, 9.17) is 0 Å². The molecular formula is C11H12F3NO. The zero-order valence-electron chi connectivity index (χ0n) is 8.82. The van der Waals surface area contributed by atoms with Crippen molar-refractivity contribution in [2.45, 2.75) is 13.3 Å². The zero-order valence-corrected chi connectivity index (χ0v) is 8.82. The molecule has 0 heterocycles. The van der Waals surface area contributed by atoms with Crippen molar-refractivity contribution in [2.24, 2.45) is 0 Å². The van der Waals surface area contributed by atoms with Crippen LogP contribution < -0.4 is 5.32 Å². The molecule has 1 N–H and O–H groups in total. The van der Waals surface area contributed by atoms with Gasteiger partial charge in [0.2, 0.25) is 0 Å². The van der Waals surface area contributed by atoms with Crippen molar-refractivity contribution in [1.29, 1.82) is 0 Å². The van der Waals surface area contributed by atoms with Gasteiger partial charge in [0.05, 0.1) is 5.56 Å². The van der Waals surface area contributed by atoms with E-state index in [0.29, 0.717) is 13.1 Å². The fourth-order valence-electron chi connectivity index (χ4n) is 1.25. The topological polar surface area (TPSA) is 29.1 Å². The largest absolute Gasteiger partial charge is 0.317 e. The SMILES string of the molecule is CCNCCC(=O)c1ccc(F)c(F)c1F. The summed E-state index contributed by atoms with van der Waals surface area (Å²) in [5.74, 6) is -4.85. The van der Waals surface area contributed by atoms with Crippen LogP contribution in [0, 0.1) is 17.5 Å². The van der Waals surface area contributed by atoms with Gasteiger partial charge in [-0.15, -0.1) is 0 Å². The Kier molecular flexibility index (Phi) is 4.49. The van der Waals surface area contributed by atoms with Gasteiger partial charge in [-0.25, -0.2) is 13.2 Å². The average molecular weight is 231 g/mol. The number of hydrogen-bond donors (Lipinski definition) is 1. The van der Waals surface area contributed by atoms with Gasteiger partial charge in [-0.05, 0) is 18.7 Å². The van der Waals surface area contributed by atoms with Crippen molar-refractivity contribution in [3.63, 3.8) is 0 Å². The molecule has 1 aromatic carbocycles. The molecule has 0 spiro atoms. The predicted octanol–water partition coefficient (Wildman–Crippen LogP) is 2.29. The summed E-state index contributed by atoms with van der Waals surface area (Å²) < 4.78 is 38.6. The summed E-state index contributed by atoms with van der Waals surface area (Å²) in [6, 6.07) is 1.71. The number of benzene rings is 1. The highest BCUT2D eigenvalue weighted by atomic mass is 19.2. The van der Waals surface area contributed by atoms with Crippen molar-refractivity contribution in [3.05, 3.63) is 35.1 Å². The molecule has 0 aromatic heterocycles. The molecule has 5 heteroatoms. The van der Waals surface area contributed by atoms with Crippen LogP contribution >= 0.6 is 0 Å². The van der Waals surface area contributed by atoms with Crippen molar-refractivity contribution >= 4 is 5.78 Å². The molecule has 0 bridgehead atoms. The van der Waals surface area contributed by atoms with E-state index in [1.54, 1.807) is 0 Å².